The summed E-state index contributed by atoms with van der Waals surface area (Å²) in [6.45, 7) is 3.04. The number of alkyl halides is 1. The molecule has 100 valence electrons. The lowest BCUT2D eigenvalue weighted by molar-refractivity contribution is 0.453. The second-order valence-electron chi connectivity index (χ2n) is 4.76. The van der Waals surface area contributed by atoms with Gasteiger partial charge in [0.2, 0.25) is 10.0 Å². The molecule has 1 aromatic carbocycles. The third-order valence-corrected chi connectivity index (χ3v) is 5.72. The van der Waals surface area contributed by atoms with Crippen LogP contribution in [0.4, 0.5) is 0 Å². The van der Waals surface area contributed by atoms with Gasteiger partial charge in [-0.3, -0.25) is 0 Å². The highest BCUT2D eigenvalue weighted by atomic mass is 35.5. The Labute approximate surface area is 114 Å². The van der Waals surface area contributed by atoms with Crippen LogP contribution in [0.5, 0.6) is 0 Å². The van der Waals surface area contributed by atoms with Crippen molar-refractivity contribution in [1.82, 2.24) is 4.31 Å². The largest absolute Gasteiger partial charge is 0.243 e. The van der Waals surface area contributed by atoms with E-state index in [1.165, 1.54) is 0 Å². The van der Waals surface area contributed by atoms with Crippen LogP contribution < -0.4 is 0 Å². The van der Waals surface area contributed by atoms with E-state index in [0.717, 1.165) is 18.4 Å². The number of halogens is 1. The summed E-state index contributed by atoms with van der Waals surface area (Å²) in [4.78, 5) is 0.427. The molecule has 0 N–H and O–H groups in total. The topological polar surface area (TPSA) is 37.4 Å². The van der Waals surface area contributed by atoms with E-state index in [9.17, 15) is 8.42 Å². The minimum Gasteiger partial charge on any atom is -0.207 e. The number of hydrogen-bond acceptors (Lipinski definition) is 2. The molecule has 1 aromatic rings. The SMILES string of the molecule is Cc1ccccc1S(=O)(=O)N1CCC(CCCl)C1. The Hall–Kier alpha value is -0.580. The van der Waals surface area contributed by atoms with Gasteiger partial charge in [-0.25, -0.2) is 8.42 Å². The van der Waals surface area contributed by atoms with Gasteiger partial charge in [0, 0.05) is 19.0 Å². The molecule has 0 radical (unpaired) electrons. The highest BCUT2D eigenvalue weighted by Crippen LogP contribution is 2.27. The molecule has 1 fully saturated rings. The maximum atomic E-state index is 12.5. The lowest BCUT2D eigenvalue weighted by atomic mass is 10.1. The first-order valence-corrected chi connectivity index (χ1v) is 8.15. The fraction of sp³-hybridized carbons (Fsp3) is 0.538. The average molecular weight is 288 g/mol. The Balaban J connectivity index is 2.21. The van der Waals surface area contributed by atoms with Gasteiger partial charge in [-0.2, -0.15) is 4.31 Å². The summed E-state index contributed by atoms with van der Waals surface area (Å²) >= 11 is 5.72. The molecule has 0 aromatic heterocycles. The van der Waals surface area contributed by atoms with Crippen molar-refractivity contribution in [2.75, 3.05) is 19.0 Å². The fourth-order valence-corrected chi connectivity index (χ4v) is 4.46. The van der Waals surface area contributed by atoms with Gasteiger partial charge in [0.05, 0.1) is 4.90 Å². The van der Waals surface area contributed by atoms with Crippen LogP contribution in [-0.4, -0.2) is 31.7 Å². The standard InChI is InChI=1S/C13H18ClNO2S/c1-11-4-2-3-5-13(11)18(16,17)15-9-7-12(10-15)6-8-14/h2-5,12H,6-10H2,1H3. The quantitative estimate of drug-likeness (QED) is 0.799. The number of nitrogens with zero attached hydrogens (tertiary/aromatic N) is 1. The Kier molecular flexibility index (Phi) is 4.30. The van der Waals surface area contributed by atoms with Gasteiger partial charge >= 0.3 is 0 Å². The van der Waals surface area contributed by atoms with Crippen LogP contribution in [0, 0.1) is 12.8 Å². The van der Waals surface area contributed by atoms with E-state index in [4.69, 9.17) is 11.6 Å². The molecule has 1 atom stereocenters. The van der Waals surface area contributed by atoms with Gasteiger partial charge in [0.1, 0.15) is 0 Å². The van der Waals surface area contributed by atoms with Crippen LogP contribution in [0.1, 0.15) is 18.4 Å². The van der Waals surface area contributed by atoms with E-state index in [2.05, 4.69) is 0 Å². The van der Waals surface area contributed by atoms with E-state index < -0.39 is 10.0 Å². The predicted molar refractivity (Wildman–Crippen MR) is 73.4 cm³/mol. The molecule has 2 rings (SSSR count). The summed E-state index contributed by atoms with van der Waals surface area (Å²) in [5, 5.41) is 0. The molecule has 1 aliphatic rings. The van der Waals surface area contributed by atoms with Crippen molar-refractivity contribution in [2.24, 2.45) is 5.92 Å². The molecule has 0 aliphatic carbocycles. The number of hydrogen-bond donors (Lipinski definition) is 0. The summed E-state index contributed by atoms with van der Waals surface area (Å²) in [5.74, 6) is 1.00. The number of sulfonamides is 1. The molecule has 1 unspecified atom stereocenters. The Morgan fingerprint density at radius 2 is 2.11 bits per heavy atom. The zero-order valence-electron chi connectivity index (χ0n) is 10.5. The Morgan fingerprint density at radius 1 is 1.39 bits per heavy atom. The molecule has 0 bridgehead atoms. The third kappa shape index (κ3) is 2.71. The first-order chi connectivity index (χ1) is 8.55. The zero-order chi connectivity index (χ0) is 13.2. The zero-order valence-corrected chi connectivity index (χ0v) is 12.0. The summed E-state index contributed by atoms with van der Waals surface area (Å²) in [6, 6.07) is 7.14. The van der Waals surface area contributed by atoms with Crippen LogP contribution in [0.3, 0.4) is 0 Å². The van der Waals surface area contributed by atoms with E-state index >= 15 is 0 Å². The number of aryl methyl sites for hydroxylation is 1. The van der Waals surface area contributed by atoms with Crippen molar-refractivity contribution >= 4 is 21.6 Å². The van der Waals surface area contributed by atoms with Gasteiger partial charge < -0.3 is 0 Å². The average Bonchev–Trinajstić information content (AvgIpc) is 2.79. The first-order valence-electron chi connectivity index (χ1n) is 6.17. The van der Waals surface area contributed by atoms with Crippen LogP contribution >= 0.6 is 11.6 Å². The highest BCUT2D eigenvalue weighted by Gasteiger charge is 2.32. The lowest BCUT2D eigenvalue weighted by Gasteiger charge is -2.17. The smallest absolute Gasteiger partial charge is 0.207 e. The molecular weight excluding hydrogens is 270 g/mol. The molecule has 1 aliphatic heterocycles. The molecule has 5 heteroatoms. The second kappa shape index (κ2) is 5.59. The van der Waals surface area contributed by atoms with Crippen molar-refractivity contribution in [3.8, 4) is 0 Å². The van der Waals surface area contributed by atoms with E-state index in [1.807, 2.05) is 19.1 Å². The number of rotatable bonds is 4. The van der Waals surface area contributed by atoms with Crippen molar-refractivity contribution in [3.05, 3.63) is 29.8 Å². The van der Waals surface area contributed by atoms with E-state index in [1.54, 1.807) is 16.4 Å². The molecule has 1 saturated heterocycles. The molecule has 18 heavy (non-hydrogen) atoms. The van der Waals surface area contributed by atoms with Gasteiger partial charge in [-0.15, -0.1) is 11.6 Å². The van der Waals surface area contributed by atoms with Gasteiger partial charge in [0.25, 0.3) is 0 Å². The molecule has 1 heterocycles. The molecule has 0 spiro atoms. The highest BCUT2D eigenvalue weighted by molar-refractivity contribution is 7.89. The summed E-state index contributed by atoms with van der Waals surface area (Å²) in [6.07, 6.45) is 1.80. The van der Waals surface area contributed by atoms with Crippen LogP contribution in [0.25, 0.3) is 0 Å². The molecule has 0 saturated carbocycles. The van der Waals surface area contributed by atoms with Crippen LogP contribution in [-0.2, 0) is 10.0 Å². The maximum Gasteiger partial charge on any atom is 0.243 e. The third-order valence-electron chi connectivity index (χ3n) is 3.48. The Morgan fingerprint density at radius 3 is 2.78 bits per heavy atom. The summed E-state index contributed by atoms with van der Waals surface area (Å²) in [5.41, 5.74) is 0.804. The normalized spacial score (nSPS) is 21.3. The van der Waals surface area contributed by atoms with Crippen molar-refractivity contribution < 1.29 is 8.42 Å². The summed E-state index contributed by atoms with van der Waals surface area (Å²) in [7, 11) is -3.33. The van der Waals surface area contributed by atoms with Gasteiger partial charge in [-0.05, 0) is 37.3 Å². The maximum absolute atomic E-state index is 12.5. The van der Waals surface area contributed by atoms with E-state index in [-0.39, 0.29) is 0 Å². The van der Waals surface area contributed by atoms with Gasteiger partial charge in [0.15, 0.2) is 0 Å². The van der Waals surface area contributed by atoms with E-state index in [0.29, 0.717) is 29.8 Å². The van der Waals surface area contributed by atoms with Crippen LogP contribution in [0.15, 0.2) is 29.2 Å². The Bertz CT molecular complexity index is 515. The molecule has 3 nitrogen and oxygen atoms in total. The van der Waals surface area contributed by atoms with Crippen LogP contribution in [0.2, 0.25) is 0 Å². The van der Waals surface area contributed by atoms with Crippen molar-refractivity contribution in [2.45, 2.75) is 24.7 Å². The van der Waals surface area contributed by atoms with Crippen molar-refractivity contribution in [1.29, 1.82) is 0 Å². The minimum absolute atomic E-state index is 0.404. The minimum atomic E-state index is -3.33. The second-order valence-corrected chi connectivity index (χ2v) is 7.05. The molecule has 0 amide bonds. The van der Waals surface area contributed by atoms with Gasteiger partial charge in [-0.1, -0.05) is 18.2 Å². The predicted octanol–water partition coefficient (Wildman–Crippen LogP) is 2.63. The van der Waals surface area contributed by atoms with Crippen molar-refractivity contribution in [3.63, 3.8) is 0 Å². The first kappa shape index (κ1) is 13.8. The molecular formula is C13H18ClNO2S. The summed E-state index contributed by atoms with van der Waals surface area (Å²) < 4.78 is 26.6. The number of benzene rings is 1. The lowest BCUT2D eigenvalue weighted by Crippen LogP contribution is -2.29. The fourth-order valence-electron chi connectivity index (χ4n) is 2.39. The monoisotopic (exact) mass is 287 g/mol.